The zero-order chi connectivity index (χ0) is 25.2. The predicted molar refractivity (Wildman–Crippen MR) is 143 cm³/mol. The van der Waals surface area contributed by atoms with Crippen LogP contribution in [0.3, 0.4) is 0 Å². The second-order valence-corrected chi connectivity index (χ2v) is 10.4. The number of carbonyl (C=O) groups excluding carboxylic acids is 2. The summed E-state index contributed by atoms with van der Waals surface area (Å²) >= 11 is 6.02. The summed E-state index contributed by atoms with van der Waals surface area (Å²) in [6.45, 7) is 0. The van der Waals surface area contributed by atoms with Crippen LogP contribution in [0.4, 0.5) is 10.1 Å². The van der Waals surface area contributed by atoms with Gasteiger partial charge in [0.1, 0.15) is 11.6 Å². The van der Waals surface area contributed by atoms with Gasteiger partial charge in [-0.15, -0.1) is 0 Å². The van der Waals surface area contributed by atoms with Gasteiger partial charge < -0.3 is 4.90 Å². The first-order chi connectivity index (χ1) is 17.4. The third-order valence-electron chi connectivity index (χ3n) is 7.36. The highest BCUT2D eigenvalue weighted by Gasteiger charge is 2.29. The molecule has 2 aliphatic rings. The number of amides is 1. The molecule has 5 heteroatoms. The van der Waals surface area contributed by atoms with Gasteiger partial charge in [-0.05, 0) is 96.3 Å². The Morgan fingerprint density at radius 1 is 0.944 bits per heavy atom. The molecular weight excluding hydrogens is 473 g/mol. The van der Waals surface area contributed by atoms with E-state index < -0.39 is 5.92 Å². The second-order valence-electron chi connectivity index (χ2n) is 9.93. The highest BCUT2D eigenvalue weighted by molar-refractivity contribution is 6.30. The molecule has 0 heterocycles. The summed E-state index contributed by atoms with van der Waals surface area (Å²) in [6, 6.07) is 20.4. The van der Waals surface area contributed by atoms with Crippen LogP contribution in [0.1, 0.15) is 47.9 Å². The van der Waals surface area contributed by atoms with E-state index in [2.05, 4.69) is 12.1 Å². The molecule has 0 saturated carbocycles. The zero-order valence-electron chi connectivity index (χ0n) is 20.4. The number of rotatable bonds is 2. The summed E-state index contributed by atoms with van der Waals surface area (Å²) < 4.78 is 14.5. The van der Waals surface area contributed by atoms with Crippen molar-refractivity contribution in [2.75, 3.05) is 11.9 Å². The molecule has 0 saturated heterocycles. The minimum atomic E-state index is -0.589. The smallest absolute Gasteiger partial charge is 0.230 e. The predicted octanol–water partition coefficient (Wildman–Crippen LogP) is 7.00. The third kappa shape index (κ3) is 5.29. The number of ketones is 1. The van der Waals surface area contributed by atoms with Crippen LogP contribution in [-0.2, 0) is 28.9 Å². The molecule has 0 fully saturated rings. The standard InChI is InChI=1S/C31H29ClFNO2/c1-34(27-11-9-25(32)10-12-27)31(36)24-14-21-13-20(15-26(33)16-21)5-4-7-23-17-22-6-2-3-8-29(22)30(23)19-28(35)18-24/h2-3,6,8-13,15-16,24H,4-5,7,14,17-19H2,1H3/t24-/m1/s1. The highest BCUT2D eigenvalue weighted by atomic mass is 35.5. The summed E-state index contributed by atoms with van der Waals surface area (Å²) in [5.41, 5.74) is 7.21. The van der Waals surface area contributed by atoms with E-state index in [1.165, 1.54) is 17.2 Å². The number of hydrogen-bond acceptors (Lipinski definition) is 2. The molecule has 0 spiro atoms. The monoisotopic (exact) mass is 501 g/mol. The number of nitrogens with zero attached hydrogens (tertiary/aromatic N) is 1. The molecule has 0 aliphatic heterocycles. The van der Waals surface area contributed by atoms with E-state index in [9.17, 15) is 14.0 Å². The van der Waals surface area contributed by atoms with Gasteiger partial charge in [0.05, 0.1) is 0 Å². The van der Waals surface area contributed by atoms with Crippen molar-refractivity contribution in [2.45, 2.75) is 44.9 Å². The number of benzene rings is 3. The van der Waals surface area contributed by atoms with Gasteiger partial charge in [-0.25, -0.2) is 4.39 Å². The van der Waals surface area contributed by atoms with Crippen LogP contribution in [0.2, 0.25) is 5.02 Å². The van der Waals surface area contributed by atoms with Gasteiger partial charge in [0.15, 0.2) is 0 Å². The topological polar surface area (TPSA) is 37.4 Å². The fourth-order valence-electron chi connectivity index (χ4n) is 5.58. The lowest BCUT2D eigenvalue weighted by atomic mass is 9.89. The molecule has 1 amide bonds. The van der Waals surface area contributed by atoms with Crippen LogP contribution in [0.25, 0.3) is 5.57 Å². The van der Waals surface area contributed by atoms with Crippen LogP contribution >= 0.6 is 11.6 Å². The Labute approximate surface area is 216 Å². The molecule has 0 radical (unpaired) electrons. The number of fused-ring (bicyclic) bond motifs is 4. The summed E-state index contributed by atoms with van der Waals surface area (Å²) in [6.07, 6.45) is 4.14. The largest absolute Gasteiger partial charge is 0.315 e. The molecule has 2 aliphatic carbocycles. The first kappa shape index (κ1) is 24.5. The molecule has 184 valence electrons. The molecule has 0 aromatic heterocycles. The van der Waals surface area contributed by atoms with Crippen molar-refractivity contribution in [2.24, 2.45) is 5.92 Å². The molecule has 1 atom stereocenters. The molecule has 0 unspecified atom stereocenters. The van der Waals surface area contributed by atoms with Crippen molar-refractivity contribution in [1.29, 1.82) is 0 Å². The van der Waals surface area contributed by atoms with Gasteiger partial charge >= 0.3 is 0 Å². The number of Topliss-reactive ketones (excluding diaryl/α,β-unsaturated/α-hetero) is 1. The minimum Gasteiger partial charge on any atom is -0.315 e. The first-order valence-corrected chi connectivity index (χ1v) is 12.9. The van der Waals surface area contributed by atoms with Crippen molar-refractivity contribution in [3.05, 3.63) is 105 Å². The Hall–Kier alpha value is -3.24. The lowest BCUT2D eigenvalue weighted by molar-refractivity contribution is -0.127. The van der Waals surface area contributed by atoms with Crippen LogP contribution in [0, 0.1) is 11.7 Å². The van der Waals surface area contributed by atoms with Gasteiger partial charge in [0, 0.05) is 36.5 Å². The molecule has 3 aromatic rings. The quantitative estimate of drug-likeness (QED) is 0.379. The molecule has 36 heavy (non-hydrogen) atoms. The maximum absolute atomic E-state index is 14.5. The average Bonchev–Trinajstić information content (AvgIpc) is 3.19. The Bertz CT molecular complexity index is 1340. The average molecular weight is 502 g/mol. The molecule has 3 aromatic carbocycles. The number of anilines is 1. The normalized spacial score (nSPS) is 18.0. The van der Waals surface area contributed by atoms with Gasteiger partial charge in [0.2, 0.25) is 5.91 Å². The van der Waals surface area contributed by atoms with Crippen LogP contribution < -0.4 is 4.90 Å². The Kier molecular flexibility index (Phi) is 7.06. The maximum Gasteiger partial charge on any atom is 0.230 e. The Morgan fingerprint density at radius 2 is 1.69 bits per heavy atom. The lowest BCUT2D eigenvalue weighted by Gasteiger charge is -2.24. The van der Waals surface area contributed by atoms with Gasteiger partial charge in [-0.1, -0.05) is 47.5 Å². The van der Waals surface area contributed by atoms with Gasteiger partial charge in [0.25, 0.3) is 0 Å². The van der Waals surface area contributed by atoms with Crippen LogP contribution in [-0.4, -0.2) is 18.7 Å². The maximum atomic E-state index is 14.5. The minimum absolute atomic E-state index is 0.0398. The van der Waals surface area contributed by atoms with E-state index in [0.29, 0.717) is 23.6 Å². The fourth-order valence-corrected chi connectivity index (χ4v) is 5.71. The number of hydrogen-bond donors (Lipinski definition) is 0. The van der Waals surface area contributed by atoms with E-state index in [1.807, 2.05) is 18.2 Å². The molecule has 2 bridgehead atoms. The SMILES string of the molecule is CN(C(=O)[C@H]1CC(=O)CC2=C(CCCc3cc(F)cc(c3)C1)Cc1ccccc12)c1ccc(Cl)cc1. The van der Waals surface area contributed by atoms with Crippen molar-refractivity contribution < 1.29 is 14.0 Å². The fraction of sp³-hybridized carbons (Fsp3) is 0.290. The number of allylic oxidation sites excluding steroid dienone is 2. The van der Waals surface area contributed by atoms with Gasteiger partial charge in [-0.2, -0.15) is 0 Å². The van der Waals surface area contributed by atoms with E-state index in [-0.39, 0.29) is 23.9 Å². The summed E-state index contributed by atoms with van der Waals surface area (Å²) in [5.74, 6) is -1.01. The number of carbonyl (C=O) groups is 2. The zero-order valence-corrected chi connectivity index (χ0v) is 21.2. The van der Waals surface area contributed by atoms with E-state index in [4.69, 9.17) is 11.6 Å². The molecule has 5 rings (SSSR count). The summed E-state index contributed by atoms with van der Waals surface area (Å²) in [4.78, 5) is 28.7. The Balaban J connectivity index is 1.49. The number of halogens is 2. The lowest BCUT2D eigenvalue weighted by Crippen LogP contribution is -2.35. The van der Waals surface area contributed by atoms with Crippen LogP contribution in [0.5, 0.6) is 0 Å². The van der Waals surface area contributed by atoms with E-state index >= 15 is 0 Å². The third-order valence-corrected chi connectivity index (χ3v) is 7.61. The van der Waals surface area contributed by atoms with E-state index in [1.54, 1.807) is 42.3 Å². The molecule has 0 N–H and O–H groups in total. The van der Waals surface area contributed by atoms with Crippen molar-refractivity contribution >= 4 is 34.6 Å². The number of aryl methyl sites for hydroxylation is 1. The van der Waals surface area contributed by atoms with Crippen molar-refractivity contribution in [3.8, 4) is 0 Å². The highest BCUT2D eigenvalue weighted by Crippen LogP contribution is 2.38. The molecule has 3 nitrogen and oxygen atoms in total. The second kappa shape index (κ2) is 10.4. The van der Waals surface area contributed by atoms with Crippen molar-refractivity contribution in [3.63, 3.8) is 0 Å². The molecular formula is C31H29ClFNO2. The van der Waals surface area contributed by atoms with E-state index in [0.717, 1.165) is 47.9 Å². The first-order valence-electron chi connectivity index (χ1n) is 12.5. The van der Waals surface area contributed by atoms with Crippen molar-refractivity contribution in [1.82, 2.24) is 0 Å². The summed E-state index contributed by atoms with van der Waals surface area (Å²) in [7, 11) is 1.71. The Morgan fingerprint density at radius 3 is 2.50 bits per heavy atom. The van der Waals surface area contributed by atoms with Crippen LogP contribution in [0.15, 0.2) is 72.3 Å². The summed E-state index contributed by atoms with van der Waals surface area (Å²) in [5, 5.41) is 0.588. The van der Waals surface area contributed by atoms with Gasteiger partial charge in [-0.3, -0.25) is 9.59 Å².